The third-order valence-corrected chi connectivity index (χ3v) is 4.21. The van der Waals surface area contributed by atoms with Crippen LogP contribution in [-0.2, 0) is 0 Å². The van der Waals surface area contributed by atoms with Crippen LogP contribution in [0.15, 0.2) is 12.3 Å². The molecule has 1 fully saturated rings. The minimum atomic E-state index is 0.0389. The van der Waals surface area contributed by atoms with Crippen molar-refractivity contribution >= 4 is 23.3 Å². The summed E-state index contributed by atoms with van der Waals surface area (Å²) in [6.07, 6.45) is 6.30. The molecule has 110 valence electrons. The number of anilines is 1. The molecule has 2 heterocycles. The van der Waals surface area contributed by atoms with Gasteiger partial charge in [0.1, 0.15) is 5.82 Å². The van der Waals surface area contributed by atoms with Crippen molar-refractivity contribution in [2.45, 2.75) is 32.6 Å². The predicted octanol–water partition coefficient (Wildman–Crippen LogP) is 3.43. The zero-order chi connectivity index (χ0) is 14.5. The number of nitrogens with one attached hydrogen (secondary N) is 1. The fourth-order valence-electron chi connectivity index (χ4n) is 2.75. The van der Waals surface area contributed by atoms with Crippen LogP contribution in [0.25, 0.3) is 0 Å². The molecule has 2 rings (SSSR count). The number of nitrogens with zero attached hydrogens (tertiary/aromatic N) is 2. The fraction of sp³-hybridized carbons (Fsp3) is 0.600. The van der Waals surface area contributed by atoms with Crippen molar-refractivity contribution in [2.75, 3.05) is 25.5 Å². The first kappa shape index (κ1) is 15.1. The minimum absolute atomic E-state index is 0.0389. The van der Waals surface area contributed by atoms with Crippen LogP contribution in [0.1, 0.15) is 43.0 Å². The van der Waals surface area contributed by atoms with E-state index in [2.05, 4.69) is 17.2 Å². The summed E-state index contributed by atoms with van der Waals surface area (Å²) in [4.78, 5) is 18.5. The lowest BCUT2D eigenvalue weighted by molar-refractivity contribution is 0.0686. The smallest absolute Gasteiger partial charge is 0.255 e. The average molecular weight is 296 g/mol. The molecule has 1 aromatic rings. The van der Waals surface area contributed by atoms with Crippen molar-refractivity contribution in [3.05, 3.63) is 22.8 Å². The van der Waals surface area contributed by atoms with Crippen molar-refractivity contribution in [1.82, 2.24) is 9.88 Å². The van der Waals surface area contributed by atoms with E-state index in [0.717, 1.165) is 31.8 Å². The zero-order valence-corrected chi connectivity index (χ0v) is 12.9. The molecule has 0 unspecified atom stereocenters. The molecule has 1 aliphatic heterocycles. The number of pyridine rings is 1. The van der Waals surface area contributed by atoms with Gasteiger partial charge in [-0.3, -0.25) is 4.79 Å². The normalized spacial score (nSPS) is 16.2. The number of carbonyl (C=O) groups is 1. The molecule has 1 aliphatic rings. The van der Waals surface area contributed by atoms with Gasteiger partial charge in [-0.05, 0) is 24.8 Å². The average Bonchev–Trinajstić information content (AvgIpc) is 2.47. The van der Waals surface area contributed by atoms with Crippen molar-refractivity contribution in [3.8, 4) is 0 Å². The molecule has 4 nitrogen and oxygen atoms in total. The molecular formula is C15H22ClN3O. The van der Waals surface area contributed by atoms with Crippen LogP contribution in [0.3, 0.4) is 0 Å². The first-order valence-corrected chi connectivity index (χ1v) is 7.66. The second-order valence-electron chi connectivity index (χ2n) is 5.33. The van der Waals surface area contributed by atoms with Crippen molar-refractivity contribution < 1.29 is 4.79 Å². The van der Waals surface area contributed by atoms with E-state index in [9.17, 15) is 4.79 Å². The van der Waals surface area contributed by atoms with Crippen LogP contribution in [0.5, 0.6) is 0 Å². The highest BCUT2D eigenvalue weighted by Gasteiger charge is 2.23. The van der Waals surface area contributed by atoms with Gasteiger partial charge in [0.15, 0.2) is 0 Å². The van der Waals surface area contributed by atoms with Crippen LogP contribution in [-0.4, -0.2) is 35.9 Å². The van der Waals surface area contributed by atoms with Gasteiger partial charge in [-0.2, -0.15) is 0 Å². The quantitative estimate of drug-likeness (QED) is 0.925. The van der Waals surface area contributed by atoms with Gasteiger partial charge in [-0.25, -0.2) is 4.98 Å². The fourth-order valence-corrected chi connectivity index (χ4v) is 3.02. The number of hydrogen-bond donors (Lipinski definition) is 1. The maximum Gasteiger partial charge on any atom is 0.255 e. The highest BCUT2D eigenvalue weighted by atomic mass is 35.5. The van der Waals surface area contributed by atoms with E-state index < -0.39 is 0 Å². The van der Waals surface area contributed by atoms with Gasteiger partial charge in [-0.15, -0.1) is 0 Å². The molecule has 1 saturated heterocycles. The maximum absolute atomic E-state index is 12.4. The van der Waals surface area contributed by atoms with Crippen molar-refractivity contribution in [1.29, 1.82) is 0 Å². The minimum Gasteiger partial charge on any atom is -0.372 e. The standard InChI is InChI=1S/C15H22ClN3O/c1-3-4-11-5-7-19(8-6-11)15(20)12-9-13(16)14(17-2)18-10-12/h9-11H,3-8H2,1-2H3,(H,17,18). The zero-order valence-electron chi connectivity index (χ0n) is 12.2. The summed E-state index contributed by atoms with van der Waals surface area (Å²) in [6, 6.07) is 1.70. The second kappa shape index (κ2) is 6.93. The van der Waals surface area contributed by atoms with Gasteiger partial charge in [0, 0.05) is 26.3 Å². The number of hydrogen-bond acceptors (Lipinski definition) is 3. The van der Waals surface area contributed by atoms with Crippen LogP contribution in [0.4, 0.5) is 5.82 Å². The highest BCUT2D eigenvalue weighted by Crippen LogP contribution is 2.24. The summed E-state index contributed by atoms with van der Waals surface area (Å²) in [5.74, 6) is 1.42. The molecular weight excluding hydrogens is 274 g/mol. The number of amides is 1. The summed E-state index contributed by atoms with van der Waals surface area (Å²) in [5, 5.41) is 3.38. The van der Waals surface area contributed by atoms with Gasteiger partial charge in [0.2, 0.25) is 0 Å². The largest absolute Gasteiger partial charge is 0.372 e. The molecule has 0 radical (unpaired) electrons. The van der Waals surface area contributed by atoms with E-state index in [1.54, 1.807) is 19.3 Å². The summed E-state index contributed by atoms with van der Waals surface area (Å²) in [7, 11) is 1.76. The molecule has 1 aromatic heterocycles. The molecule has 0 saturated carbocycles. The molecule has 0 aliphatic carbocycles. The molecule has 5 heteroatoms. The number of carbonyl (C=O) groups excluding carboxylic acids is 1. The van der Waals surface area contributed by atoms with Gasteiger partial charge < -0.3 is 10.2 Å². The Bertz CT molecular complexity index is 470. The maximum atomic E-state index is 12.4. The predicted molar refractivity (Wildman–Crippen MR) is 82.3 cm³/mol. The molecule has 0 spiro atoms. The molecule has 0 atom stereocenters. The Labute approximate surface area is 125 Å². The van der Waals surface area contributed by atoms with E-state index in [-0.39, 0.29) is 5.91 Å². The first-order valence-electron chi connectivity index (χ1n) is 7.28. The Morgan fingerprint density at radius 3 is 2.75 bits per heavy atom. The highest BCUT2D eigenvalue weighted by molar-refractivity contribution is 6.33. The van der Waals surface area contributed by atoms with Crippen molar-refractivity contribution in [2.24, 2.45) is 5.92 Å². The molecule has 20 heavy (non-hydrogen) atoms. The van der Waals surface area contributed by atoms with Gasteiger partial charge in [0.05, 0.1) is 10.6 Å². The first-order chi connectivity index (χ1) is 9.65. The van der Waals surface area contributed by atoms with Crippen LogP contribution >= 0.6 is 11.6 Å². The third kappa shape index (κ3) is 3.42. The monoisotopic (exact) mass is 295 g/mol. The number of piperidine rings is 1. The summed E-state index contributed by atoms with van der Waals surface area (Å²) in [6.45, 7) is 3.90. The second-order valence-corrected chi connectivity index (χ2v) is 5.74. The molecule has 1 N–H and O–H groups in total. The van der Waals surface area contributed by atoms with Gasteiger partial charge >= 0.3 is 0 Å². The Morgan fingerprint density at radius 2 is 2.20 bits per heavy atom. The van der Waals surface area contributed by atoms with Gasteiger partial charge in [-0.1, -0.05) is 31.4 Å². The Kier molecular flexibility index (Phi) is 5.24. The lowest BCUT2D eigenvalue weighted by atomic mass is 9.92. The van der Waals surface area contributed by atoms with Gasteiger partial charge in [0.25, 0.3) is 5.91 Å². The Balaban J connectivity index is 2.00. The van der Waals surface area contributed by atoms with Crippen LogP contribution in [0, 0.1) is 5.92 Å². The van der Waals surface area contributed by atoms with E-state index in [1.165, 1.54) is 12.8 Å². The third-order valence-electron chi connectivity index (χ3n) is 3.92. The van der Waals surface area contributed by atoms with E-state index >= 15 is 0 Å². The lowest BCUT2D eigenvalue weighted by Crippen LogP contribution is -2.38. The van der Waals surface area contributed by atoms with Crippen LogP contribution < -0.4 is 5.32 Å². The summed E-state index contributed by atoms with van der Waals surface area (Å²) in [5.41, 5.74) is 0.572. The number of rotatable bonds is 4. The molecule has 0 aromatic carbocycles. The Morgan fingerprint density at radius 1 is 1.50 bits per heavy atom. The van der Waals surface area contributed by atoms with E-state index in [1.807, 2.05) is 4.90 Å². The SMILES string of the molecule is CCCC1CCN(C(=O)c2cnc(NC)c(Cl)c2)CC1. The molecule has 1 amide bonds. The summed E-state index contributed by atoms with van der Waals surface area (Å²) < 4.78 is 0. The Hall–Kier alpha value is -1.29. The van der Waals surface area contributed by atoms with Crippen LogP contribution in [0.2, 0.25) is 5.02 Å². The van der Waals surface area contributed by atoms with E-state index in [4.69, 9.17) is 11.6 Å². The number of likely N-dealkylation sites (tertiary alicyclic amines) is 1. The van der Waals surface area contributed by atoms with Crippen molar-refractivity contribution in [3.63, 3.8) is 0 Å². The van der Waals surface area contributed by atoms with E-state index in [0.29, 0.717) is 16.4 Å². The number of halogens is 1. The molecule has 0 bridgehead atoms. The lowest BCUT2D eigenvalue weighted by Gasteiger charge is -2.32. The topological polar surface area (TPSA) is 45.2 Å². The summed E-state index contributed by atoms with van der Waals surface area (Å²) >= 11 is 6.08. The number of aromatic nitrogens is 1.